The van der Waals surface area contributed by atoms with Gasteiger partial charge in [0.1, 0.15) is 11.6 Å². The normalized spacial score (nSPS) is 10.9. The maximum atomic E-state index is 11.2. The summed E-state index contributed by atoms with van der Waals surface area (Å²) in [5.41, 5.74) is 0.584. The van der Waals surface area contributed by atoms with E-state index in [9.17, 15) is 9.90 Å². The summed E-state index contributed by atoms with van der Waals surface area (Å²) in [7, 11) is 0. The van der Waals surface area contributed by atoms with Crippen LogP contribution in [0, 0.1) is 11.3 Å². The maximum absolute atomic E-state index is 11.2. The summed E-state index contributed by atoms with van der Waals surface area (Å²) in [4.78, 5) is 15.5. The number of hydrogen-bond acceptors (Lipinski definition) is 5. The molecule has 0 spiro atoms. The summed E-state index contributed by atoms with van der Waals surface area (Å²) in [6.45, 7) is 7.55. The molecule has 146 valence electrons. The average molecular weight is 401 g/mol. The maximum Gasteiger partial charge on any atom is 0.340 e. The number of pyridine rings is 1. The van der Waals surface area contributed by atoms with Crippen LogP contribution in [0.3, 0.4) is 0 Å². The van der Waals surface area contributed by atoms with E-state index in [1.54, 1.807) is 32.0 Å². The van der Waals surface area contributed by atoms with E-state index in [0.29, 0.717) is 16.1 Å². The second kappa shape index (κ2) is 8.38. The Morgan fingerprint density at radius 1 is 1.32 bits per heavy atom. The molecule has 2 N–H and O–H groups in total. The van der Waals surface area contributed by atoms with E-state index in [4.69, 9.17) is 22.0 Å². The molecule has 0 aliphatic carbocycles. The molecule has 0 bridgehead atoms. The minimum absolute atomic E-state index is 0.147. The van der Waals surface area contributed by atoms with Gasteiger partial charge in [-0.15, -0.1) is 0 Å². The van der Waals surface area contributed by atoms with Gasteiger partial charge in [0.15, 0.2) is 5.69 Å². The van der Waals surface area contributed by atoms with Crippen LogP contribution < -0.4 is 0 Å². The zero-order valence-corrected chi connectivity index (χ0v) is 16.8. The summed E-state index contributed by atoms with van der Waals surface area (Å²) in [6.07, 6.45) is 2.83. The second-order valence-corrected chi connectivity index (χ2v) is 6.87. The van der Waals surface area contributed by atoms with Crippen molar-refractivity contribution < 1.29 is 15.0 Å². The van der Waals surface area contributed by atoms with Gasteiger partial charge in [-0.25, -0.2) is 4.79 Å². The van der Waals surface area contributed by atoms with Crippen molar-refractivity contribution in [2.24, 2.45) is 0 Å². The number of carboxylic acids is 1. The highest BCUT2D eigenvalue weighted by Gasteiger charge is 2.22. The smallest absolute Gasteiger partial charge is 0.340 e. The van der Waals surface area contributed by atoms with Crippen molar-refractivity contribution in [2.75, 3.05) is 0 Å². The lowest BCUT2D eigenvalue weighted by molar-refractivity contribution is 0.0696. The summed E-state index contributed by atoms with van der Waals surface area (Å²) in [5, 5.41) is 33.9. The third-order valence-corrected chi connectivity index (χ3v) is 4.12. The molecule has 2 heterocycles. The minimum Gasteiger partial charge on any atom is -0.478 e. The van der Waals surface area contributed by atoms with E-state index in [2.05, 4.69) is 10.1 Å². The molecule has 3 rings (SSSR count). The number of hydrogen-bond donors (Lipinski definition) is 2. The molecule has 0 amide bonds. The Kier molecular flexibility index (Phi) is 6.39. The van der Waals surface area contributed by atoms with Crippen molar-refractivity contribution >= 4 is 28.5 Å². The highest BCUT2D eigenvalue weighted by molar-refractivity contribution is 6.31. The van der Waals surface area contributed by atoms with Crippen molar-refractivity contribution in [3.63, 3.8) is 0 Å². The number of nitriles is 1. The Morgan fingerprint density at radius 3 is 2.54 bits per heavy atom. The molecule has 2 aromatic heterocycles. The molecule has 7 nitrogen and oxygen atoms in total. The molecule has 8 heteroatoms. The Hall–Kier alpha value is -2.95. The molecule has 0 aliphatic rings. The van der Waals surface area contributed by atoms with Gasteiger partial charge in [-0.3, -0.25) is 9.67 Å². The lowest BCUT2D eigenvalue weighted by Gasteiger charge is -2.21. The van der Waals surface area contributed by atoms with Crippen LogP contribution in [-0.2, 0) is 12.1 Å². The third-order valence-electron chi connectivity index (χ3n) is 3.91. The fourth-order valence-electron chi connectivity index (χ4n) is 2.77. The van der Waals surface area contributed by atoms with Crippen LogP contribution in [0.1, 0.15) is 54.9 Å². The topological polar surface area (TPSA) is 112 Å². The number of carbonyl (C=O) groups is 1. The van der Waals surface area contributed by atoms with Gasteiger partial charge < -0.3 is 10.2 Å². The van der Waals surface area contributed by atoms with Gasteiger partial charge in [0, 0.05) is 23.3 Å². The predicted octanol–water partition coefficient (Wildman–Crippen LogP) is 3.96. The lowest BCUT2D eigenvalue weighted by atomic mass is 9.93. The van der Waals surface area contributed by atoms with E-state index in [0.717, 1.165) is 10.9 Å². The molecule has 3 aromatic rings. The Morgan fingerprint density at radius 2 is 2.00 bits per heavy atom. The number of aromatic nitrogens is 3. The summed E-state index contributed by atoms with van der Waals surface area (Å²) >= 11 is 6.03. The van der Waals surface area contributed by atoms with Gasteiger partial charge in [0.2, 0.25) is 0 Å². The SMILES string of the molecule is CC.CC(C)(O)c1cc(Cn2cc(C(=O)O)c(C#N)n2)cc2cc(Cl)cnc12. The van der Waals surface area contributed by atoms with Crippen LogP contribution in [-0.4, -0.2) is 30.9 Å². The second-order valence-electron chi connectivity index (χ2n) is 6.43. The molecular weight excluding hydrogens is 380 g/mol. The van der Waals surface area contributed by atoms with Crippen molar-refractivity contribution in [3.05, 3.63) is 58.0 Å². The summed E-state index contributed by atoms with van der Waals surface area (Å²) < 4.78 is 1.38. The number of aliphatic hydroxyl groups is 1. The van der Waals surface area contributed by atoms with Crippen molar-refractivity contribution in [2.45, 2.75) is 39.8 Å². The minimum atomic E-state index is -1.21. The molecule has 1 aromatic carbocycles. The number of fused-ring (bicyclic) bond motifs is 1. The van der Waals surface area contributed by atoms with Gasteiger partial charge >= 0.3 is 5.97 Å². The van der Waals surface area contributed by atoms with E-state index >= 15 is 0 Å². The molecule has 28 heavy (non-hydrogen) atoms. The fraction of sp³-hybridized carbons (Fsp3) is 0.300. The molecule has 0 aliphatic heterocycles. The number of aromatic carboxylic acids is 1. The van der Waals surface area contributed by atoms with Gasteiger partial charge in [-0.1, -0.05) is 25.4 Å². The quantitative estimate of drug-likeness (QED) is 0.685. The molecular formula is C20H21ClN4O3. The zero-order chi connectivity index (χ0) is 21.1. The van der Waals surface area contributed by atoms with E-state index in [-0.39, 0.29) is 17.8 Å². The number of halogens is 1. The highest BCUT2D eigenvalue weighted by atomic mass is 35.5. The largest absolute Gasteiger partial charge is 0.478 e. The molecule has 0 unspecified atom stereocenters. The highest BCUT2D eigenvalue weighted by Crippen LogP contribution is 2.30. The number of nitrogens with zero attached hydrogens (tertiary/aromatic N) is 4. The van der Waals surface area contributed by atoms with Gasteiger partial charge in [0.25, 0.3) is 0 Å². The van der Waals surface area contributed by atoms with Crippen LogP contribution in [0.5, 0.6) is 0 Å². The monoisotopic (exact) mass is 400 g/mol. The number of carboxylic acid groups (broad SMARTS) is 1. The van der Waals surface area contributed by atoms with Gasteiger partial charge in [-0.05, 0) is 37.6 Å². The molecule has 0 fully saturated rings. The standard InChI is InChI=1S/C18H15ClN4O3.C2H6/c1-18(2,26)14-4-10(3-11-5-12(19)7-21-16(11)14)8-23-9-13(17(24)25)15(6-20)22-23;1-2/h3-5,7,9,26H,8H2,1-2H3,(H,24,25);1-2H3. The molecule has 0 radical (unpaired) electrons. The summed E-state index contributed by atoms with van der Waals surface area (Å²) in [5.74, 6) is -1.21. The Labute approximate surface area is 167 Å². The first-order valence-corrected chi connectivity index (χ1v) is 9.08. The summed E-state index contributed by atoms with van der Waals surface area (Å²) in [6, 6.07) is 7.15. The molecule has 0 saturated carbocycles. The van der Waals surface area contributed by atoms with Crippen LogP contribution >= 0.6 is 11.6 Å². The van der Waals surface area contributed by atoms with Crippen LogP contribution in [0.15, 0.2) is 30.6 Å². The van der Waals surface area contributed by atoms with Crippen molar-refractivity contribution in [1.29, 1.82) is 5.26 Å². The van der Waals surface area contributed by atoms with Gasteiger partial charge in [0.05, 0.1) is 22.7 Å². The number of benzene rings is 1. The third kappa shape index (κ3) is 4.47. The molecule has 0 saturated heterocycles. The van der Waals surface area contributed by atoms with Crippen molar-refractivity contribution in [1.82, 2.24) is 14.8 Å². The van der Waals surface area contributed by atoms with Crippen molar-refractivity contribution in [3.8, 4) is 6.07 Å². The van der Waals surface area contributed by atoms with Crippen LogP contribution in [0.4, 0.5) is 0 Å². The van der Waals surface area contributed by atoms with Crippen LogP contribution in [0.2, 0.25) is 5.02 Å². The fourth-order valence-corrected chi connectivity index (χ4v) is 2.94. The number of rotatable bonds is 4. The Balaban J connectivity index is 0.00000136. The van der Waals surface area contributed by atoms with E-state index in [1.165, 1.54) is 17.1 Å². The predicted molar refractivity (Wildman–Crippen MR) is 106 cm³/mol. The van der Waals surface area contributed by atoms with E-state index < -0.39 is 11.6 Å². The van der Waals surface area contributed by atoms with Crippen LogP contribution in [0.25, 0.3) is 10.9 Å². The first-order chi connectivity index (χ1) is 13.2. The first kappa shape index (κ1) is 21.4. The Bertz CT molecular complexity index is 1060. The zero-order valence-electron chi connectivity index (χ0n) is 16.1. The van der Waals surface area contributed by atoms with E-state index in [1.807, 2.05) is 19.9 Å². The average Bonchev–Trinajstić information content (AvgIpc) is 3.05. The van der Waals surface area contributed by atoms with Gasteiger partial charge in [-0.2, -0.15) is 10.4 Å². The lowest BCUT2D eigenvalue weighted by Crippen LogP contribution is -2.17. The first-order valence-electron chi connectivity index (χ1n) is 8.71. The molecule has 0 atom stereocenters.